The Morgan fingerprint density at radius 1 is 1.45 bits per heavy atom. The molecule has 0 aliphatic carbocycles. The first-order valence-corrected chi connectivity index (χ1v) is 6.55. The third kappa shape index (κ3) is 3.11. The predicted octanol–water partition coefficient (Wildman–Crippen LogP) is 3.39. The van der Waals surface area contributed by atoms with Crippen LogP contribution in [0.2, 0.25) is 5.02 Å². The number of rotatable bonds is 5. The average molecular weight is 295 g/mol. The number of hydrogen-bond acceptors (Lipinski definition) is 3. The van der Waals surface area contributed by atoms with Gasteiger partial charge in [0.05, 0.1) is 10.7 Å². The number of imidazole rings is 1. The highest BCUT2D eigenvalue weighted by Crippen LogP contribution is 2.24. The summed E-state index contributed by atoms with van der Waals surface area (Å²) in [5.74, 6) is -0.495. The lowest BCUT2D eigenvalue weighted by molar-refractivity contribution is 0.0676. The molecule has 1 aromatic heterocycles. The molecule has 1 heterocycles. The zero-order chi connectivity index (χ0) is 14.7. The second-order valence-corrected chi connectivity index (χ2v) is 4.99. The summed E-state index contributed by atoms with van der Waals surface area (Å²) in [7, 11) is 0. The molecule has 0 amide bonds. The Bertz CT molecular complexity index is 623. The first-order valence-electron chi connectivity index (χ1n) is 6.17. The van der Waals surface area contributed by atoms with E-state index in [0.717, 1.165) is 0 Å². The molecule has 0 saturated carbocycles. The molecule has 0 aliphatic heterocycles. The van der Waals surface area contributed by atoms with Gasteiger partial charge in [0.25, 0.3) is 0 Å². The van der Waals surface area contributed by atoms with E-state index in [-0.39, 0.29) is 18.5 Å². The van der Waals surface area contributed by atoms with Crippen molar-refractivity contribution in [3.63, 3.8) is 0 Å². The van der Waals surface area contributed by atoms with Crippen molar-refractivity contribution >= 4 is 17.6 Å². The molecule has 1 N–H and O–H groups in total. The van der Waals surface area contributed by atoms with Gasteiger partial charge in [-0.05, 0) is 26.0 Å². The number of hydrogen-bond donors (Lipinski definition) is 1. The zero-order valence-corrected chi connectivity index (χ0v) is 12.0. The number of aromatic nitrogens is 2. The van der Waals surface area contributed by atoms with Gasteiger partial charge in [-0.15, -0.1) is 0 Å². The lowest BCUT2D eigenvalue weighted by atomic mass is 10.3. The van der Waals surface area contributed by atoms with Crippen LogP contribution in [0.25, 0.3) is 0 Å². The van der Waals surface area contributed by atoms with E-state index in [4.69, 9.17) is 21.4 Å². The van der Waals surface area contributed by atoms with Gasteiger partial charge in [0.2, 0.25) is 5.82 Å². The molecule has 2 aromatic rings. The Labute approximate surface area is 121 Å². The summed E-state index contributed by atoms with van der Waals surface area (Å²) in [5.41, 5.74) is 0.552. The number of carbonyl (C=O) groups is 1. The first-order chi connectivity index (χ1) is 9.49. The fourth-order valence-electron chi connectivity index (χ4n) is 1.78. The standard InChI is InChI=1S/C14H15ClN2O3/c1-9(2)17-7-10(16-13(17)14(18)19)8-20-12-6-4-3-5-11(12)15/h3-7,9H,8H2,1-2H3,(H,18,19). The topological polar surface area (TPSA) is 64.4 Å². The van der Waals surface area contributed by atoms with Crippen molar-refractivity contribution in [1.29, 1.82) is 0 Å². The number of para-hydroxylation sites is 1. The zero-order valence-electron chi connectivity index (χ0n) is 11.2. The van der Waals surface area contributed by atoms with Gasteiger partial charge in [-0.1, -0.05) is 23.7 Å². The van der Waals surface area contributed by atoms with Gasteiger partial charge >= 0.3 is 5.97 Å². The number of carboxylic acids is 1. The Balaban J connectivity index is 2.16. The van der Waals surface area contributed by atoms with Crippen LogP contribution in [-0.2, 0) is 6.61 Å². The predicted molar refractivity (Wildman–Crippen MR) is 75.4 cm³/mol. The van der Waals surface area contributed by atoms with Crippen LogP contribution in [0, 0.1) is 0 Å². The van der Waals surface area contributed by atoms with Crippen LogP contribution in [0.3, 0.4) is 0 Å². The summed E-state index contributed by atoms with van der Waals surface area (Å²) in [4.78, 5) is 15.2. The molecular formula is C14H15ClN2O3. The van der Waals surface area contributed by atoms with Crippen molar-refractivity contribution in [3.05, 3.63) is 47.0 Å². The van der Waals surface area contributed by atoms with Gasteiger partial charge in [0.1, 0.15) is 12.4 Å². The summed E-state index contributed by atoms with van der Waals surface area (Å²) in [5, 5.41) is 9.62. The first kappa shape index (κ1) is 14.4. The van der Waals surface area contributed by atoms with Crippen molar-refractivity contribution in [2.75, 3.05) is 0 Å². The third-order valence-corrected chi connectivity index (χ3v) is 3.05. The highest BCUT2D eigenvalue weighted by atomic mass is 35.5. The monoisotopic (exact) mass is 294 g/mol. The molecule has 0 aliphatic rings. The quantitative estimate of drug-likeness (QED) is 0.918. The van der Waals surface area contributed by atoms with Gasteiger partial charge in [0, 0.05) is 12.2 Å². The van der Waals surface area contributed by atoms with E-state index < -0.39 is 5.97 Å². The maximum atomic E-state index is 11.1. The van der Waals surface area contributed by atoms with Gasteiger partial charge < -0.3 is 14.4 Å². The van der Waals surface area contributed by atoms with Crippen molar-refractivity contribution in [3.8, 4) is 5.75 Å². The highest BCUT2D eigenvalue weighted by Gasteiger charge is 2.16. The van der Waals surface area contributed by atoms with Crippen LogP contribution in [0.1, 0.15) is 36.2 Å². The fraction of sp³-hybridized carbons (Fsp3) is 0.286. The lowest BCUT2D eigenvalue weighted by Gasteiger charge is -2.07. The molecule has 0 radical (unpaired) electrons. The number of benzene rings is 1. The van der Waals surface area contributed by atoms with Crippen LogP contribution >= 0.6 is 11.6 Å². The molecule has 106 valence electrons. The minimum atomic E-state index is -1.05. The van der Waals surface area contributed by atoms with Crippen LogP contribution in [-0.4, -0.2) is 20.6 Å². The number of carboxylic acid groups (broad SMARTS) is 1. The Morgan fingerprint density at radius 3 is 2.70 bits per heavy atom. The number of nitrogens with zero attached hydrogens (tertiary/aromatic N) is 2. The van der Waals surface area contributed by atoms with Crippen LogP contribution < -0.4 is 4.74 Å². The van der Waals surface area contributed by atoms with E-state index in [1.165, 1.54) is 0 Å². The number of ether oxygens (including phenoxy) is 1. The Kier molecular flexibility index (Phi) is 4.29. The molecule has 0 unspecified atom stereocenters. The second-order valence-electron chi connectivity index (χ2n) is 4.58. The number of halogens is 1. The number of aromatic carboxylic acids is 1. The smallest absolute Gasteiger partial charge is 0.372 e. The summed E-state index contributed by atoms with van der Waals surface area (Å²) in [6.07, 6.45) is 1.69. The highest BCUT2D eigenvalue weighted by molar-refractivity contribution is 6.32. The normalized spacial score (nSPS) is 10.8. The molecular weight excluding hydrogens is 280 g/mol. The van der Waals surface area contributed by atoms with Crippen LogP contribution in [0.4, 0.5) is 0 Å². The van der Waals surface area contributed by atoms with E-state index in [2.05, 4.69) is 4.98 Å². The van der Waals surface area contributed by atoms with Gasteiger partial charge in [0.15, 0.2) is 0 Å². The lowest BCUT2D eigenvalue weighted by Crippen LogP contribution is -2.10. The van der Waals surface area contributed by atoms with Gasteiger partial charge in [-0.25, -0.2) is 9.78 Å². The summed E-state index contributed by atoms with van der Waals surface area (Å²) in [6, 6.07) is 7.12. The average Bonchev–Trinajstić information content (AvgIpc) is 2.82. The summed E-state index contributed by atoms with van der Waals surface area (Å²) >= 11 is 5.98. The van der Waals surface area contributed by atoms with Crippen molar-refractivity contribution < 1.29 is 14.6 Å². The largest absolute Gasteiger partial charge is 0.486 e. The maximum absolute atomic E-state index is 11.1. The Hall–Kier alpha value is -2.01. The third-order valence-electron chi connectivity index (χ3n) is 2.74. The van der Waals surface area contributed by atoms with E-state index in [1.807, 2.05) is 26.0 Å². The summed E-state index contributed by atoms with van der Waals surface area (Å²) in [6.45, 7) is 3.96. The molecule has 0 bridgehead atoms. The molecule has 6 heteroatoms. The fourth-order valence-corrected chi connectivity index (χ4v) is 1.97. The Morgan fingerprint density at radius 2 is 2.15 bits per heavy atom. The molecule has 1 aromatic carbocycles. The van der Waals surface area contributed by atoms with Gasteiger partial charge in [-0.3, -0.25) is 0 Å². The second kappa shape index (κ2) is 5.96. The molecule has 0 spiro atoms. The van der Waals surface area contributed by atoms with Crippen molar-refractivity contribution in [1.82, 2.24) is 9.55 Å². The molecule has 0 saturated heterocycles. The van der Waals surface area contributed by atoms with E-state index in [1.54, 1.807) is 22.9 Å². The van der Waals surface area contributed by atoms with E-state index in [0.29, 0.717) is 16.5 Å². The van der Waals surface area contributed by atoms with E-state index in [9.17, 15) is 4.79 Å². The van der Waals surface area contributed by atoms with Crippen LogP contribution in [0.5, 0.6) is 5.75 Å². The van der Waals surface area contributed by atoms with Gasteiger partial charge in [-0.2, -0.15) is 0 Å². The molecule has 0 fully saturated rings. The maximum Gasteiger partial charge on any atom is 0.372 e. The SMILES string of the molecule is CC(C)n1cc(COc2ccccc2Cl)nc1C(=O)O. The van der Waals surface area contributed by atoms with Crippen LogP contribution in [0.15, 0.2) is 30.5 Å². The minimum Gasteiger partial charge on any atom is -0.486 e. The molecule has 0 atom stereocenters. The molecule has 2 rings (SSSR count). The minimum absolute atomic E-state index is 0.0118. The summed E-state index contributed by atoms with van der Waals surface area (Å²) < 4.78 is 7.15. The van der Waals surface area contributed by atoms with E-state index >= 15 is 0 Å². The molecule has 5 nitrogen and oxygen atoms in total. The van der Waals surface area contributed by atoms with Crippen molar-refractivity contribution in [2.45, 2.75) is 26.5 Å². The molecule has 20 heavy (non-hydrogen) atoms. The van der Waals surface area contributed by atoms with Crippen molar-refractivity contribution in [2.24, 2.45) is 0 Å².